The smallest absolute Gasteiger partial charge is 0.217 e. The van der Waals surface area contributed by atoms with Crippen molar-refractivity contribution >= 4 is 11.9 Å². The minimum Gasteiger partial charge on any atom is -0.550 e. The van der Waals surface area contributed by atoms with E-state index in [4.69, 9.17) is 4.74 Å². The van der Waals surface area contributed by atoms with Crippen molar-refractivity contribution in [2.24, 2.45) is 0 Å². The molecule has 0 fully saturated rings. The topological polar surface area (TPSA) is 78.5 Å². The normalized spacial score (nSPS) is 11.6. The largest absolute Gasteiger partial charge is 0.550 e. The van der Waals surface area contributed by atoms with Gasteiger partial charge in [0, 0.05) is 19.3 Å². The summed E-state index contributed by atoms with van der Waals surface area (Å²) in [6.07, 6.45) is -0.258. The van der Waals surface area contributed by atoms with Gasteiger partial charge in [-0.25, -0.2) is 0 Å². The number of methoxy groups -OCH3 is 1. The van der Waals surface area contributed by atoms with Gasteiger partial charge in [-0.1, -0.05) is 12.1 Å². The van der Waals surface area contributed by atoms with Gasteiger partial charge in [-0.05, 0) is 17.7 Å². The molecule has 17 heavy (non-hydrogen) atoms. The highest BCUT2D eigenvalue weighted by Gasteiger charge is 2.12. The van der Waals surface area contributed by atoms with E-state index < -0.39 is 12.0 Å². The van der Waals surface area contributed by atoms with Gasteiger partial charge in [0.05, 0.1) is 13.2 Å². The Morgan fingerprint density at radius 2 is 1.94 bits per heavy atom. The lowest BCUT2D eigenvalue weighted by Gasteiger charge is -2.19. The third-order valence-electron chi connectivity index (χ3n) is 2.27. The second-order valence-electron chi connectivity index (χ2n) is 3.60. The van der Waals surface area contributed by atoms with Crippen molar-refractivity contribution in [3.8, 4) is 5.75 Å². The maximum absolute atomic E-state index is 11.0. The summed E-state index contributed by atoms with van der Waals surface area (Å²) >= 11 is 0. The molecule has 0 aromatic heterocycles. The van der Waals surface area contributed by atoms with E-state index in [2.05, 4.69) is 5.32 Å². The molecule has 1 atom stereocenters. The van der Waals surface area contributed by atoms with Gasteiger partial charge in [-0.3, -0.25) is 4.79 Å². The molecule has 5 heteroatoms. The van der Waals surface area contributed by atoms with Gasteiger partial charge >= 0.3 is 0 Å². The number of hydrogen-bond donors (Lipinski definition) is 1. The molecule has 1 aromatic carbocycles. The Morgan fingerprint density at radius 1 is 1.35 bits per heavy atom. The summed E-state index contributed by atoms with van der Waals surface area (Å²) in [5.74, 6) is -0.824. The molecule has 0 saturated carbocycles. The molecular formula is C12H14NO4-. The predicted molar refractivity (Wildman–Crippen MR) is 59.2 cm³/mol. The molecule has 0 aliphatic rings. The van der Waals surface area contributed by atoms with E-state index in [1.807, 2.05) is 0 Å². The highest BCUT2D eigenvalue weighted by molar-refractivity contribution is 5.75. The third-order valence-corrected chi connectivity index (χ3v) is 2.27. The molecule has 1 amide bonds. The third kappa shape index (κ3) is 4.14. The summed E-state index contributed by atoms with van der Waals surface area (Å²) in [6.45, 7) is 1.34. The van der Waals surface area contributed by atoms with Crippen molar-refractivity contribution in [3.63, 3.8) is 0 Å². The van der Waals surface area contributed by atoms with Crippen molar-refractivity contribution in [3.05, 3.63) is 29.8 Å². The summed E-state index contributed by atoms with van der Waals surface area (Å²) in [7, 11) is 1.54. The number of nitrogens with one attached hydrogen (secondary N) is 1. The van der Waals surface area contributed by atoms with Crippen molar-refractivity contribution in [2.45, 2.75) is 19.4 Å². The highest BCUT2D eigenvalue weighted by Crippen LogP contribution is 2.19. The quantitative estimate of drug-likeness (QED) is 0.781. The molecule has 0 saturated heterocycles. The average molecular weight is 236 g/mol. The minimum absolute atomic E-state index is 0.258. The number of carboxylic acids is 1. The second-order valence-corrected chi connectivity index (χ2v) is 3.60. The van der Waals surface area contributed by atoms with Crippen LogP contribution in [-0.2, 0) is 9.59 Å². The molecule has 5 nitrogen and oxygen atoms in total. The molecular weight excluding hydrogens is 222 g/mol. The standard InChI is InChI=1S/C12H15NO4/c1-8(14)13-11(7-12(15)16)9-3-5-10(17-2)6-4-9/h3-6,11H,7H2,1-2H3,(H,13,14)(H,15,16)/p-1. The Balaban J connectivity index is 2.86. The molecule has 1 unspecified atom stereocenters. The predicted octanol–water partition coefficient (Wildman–Crippen LogP) is 0.0124. The maximum atomic E-state index is 11.0. The zero-order chi connectivity index (χ0) is 12.8. The van der Waals surface area contributed by atoms with E-state index in [9.17, 15) is 14.7 Å². The molecule has 0 heterocycles. The van der Waals surface area contributed by atoms with Gasteiger partial charge in [-0.2, -0.15) is 0 Å². The van der Waals surface area contributed by atoms with E-state index in [-0.39, 0.29) is 12.3 Å². The monoisotopic (exact) mass is 236 g/mol. The molecule has 1 aromatic rings. The average Bonchev–Trinajstić information content (AvgIpc) is 2.27. The molecule has 1 rings (SSSR count). The van der Waals surface area contributed by atoms with Gasteiger partial charge in [-0.15, -0.1) is 0 Å². The first-order valence-electron chi connectivity index (χ1n) is 5.14. The Hall–Kier alpha value is -2.04. The fourth-order valence-electron chi connectivity index (χ4n) is 1.50. The molecule has 92 valence electrons. The number of aliphatic carboxylic acids is 1. The van der Waals surface area contributed by atoms with Crippen LogP contribution in [-0.4, -0.2) is 19.0 Å². The van der Waals surface area contributed by atoms with Crippen LogP contribution in [0.4, 0.5) is 0 Å². The van der Waals surface area contributed by atoms with Crippen molar-refractivity contribution < 1.29 is 19.4 Å². The number of carboxylic acid groups (broad SMARTS) is 1. The van der Waals surface area contributed by atoms with Crippen LogP contribution in [0.5, 0.6) is 5.75 Å². The first-order valence-corrected chi connectivity index (χ1v) is 5.14. The number of carbonyl (C=O) groups is 2. The summed E-state index contributed by atoms with van der Waals surface area (Å²) < 4.78 is 5.00. The molecule has 0 radical (unpaired) electrons. The van der Waals surface area contributed by atoms with Crippen LogP contribution in [0.1, 0.15) is 24.9 Å². The summed E-state index contributed by atoms with van der Waals surface area (Å²) in [4.78, 5) is 21.6. The first kappa shape index (κ1) is 13.0. The van der Waals surface area contributed by atoms with E-state index in [0.717, 1.165) is 0 Å². The lowest BCUT2D eigenvalue weighted by molar-refractivity contribution is -0.306. The minimum atomic E-state index is -1.21. The fraction of sp³-hybridized carbons (Fsp3) is 0.333. The van der Waals surface area contributed by atoms with Crippen molar-refractivity contribution in [1.82, 2.24) is 5.32 Å². The zero-order valence-electron chi connectivity index (χ0n) is 9.73. The van der Waals surface area contributed by atoms with Crippen LogP contribution in [0.15, 0.2) is 24.3 Å². The van der Waals surface area contributed by atoms with E-state index in [1.54, 1.807) is 31.4 Å². The van der Waals surface area contributed by atoms with Crippen molar-refractivity contribution in [1.29, 1.82) is 0 Å². The summed E-state index contributed by atoms with van der Waals surface area (Å²) in [5, 5.41) is 13.2. The molecule has 0 bridgehead atoms. The maximum Gasteiger partial charge on any atom is 0.217 e. The lowest BCUT2D eigenvalue weighted by atomic mass is 10.0. The summed E-state index contributed by atoms with van der Waals surface area (Å²) in [6, 6.07) is 6.26. The number of ether oxygens (including phenoxy) is 1. The molecule has 1 N–H and O–H groups in total. The van der Waals surface area contributed by atoms with Crippen molar-refractivity contribution in [2.75, 3.05) is 7.11 Å². The molecule has 0 aliphatic heterocycles. The van der Waals surface area contributed by atoms with Crippen LogP contribution < -0.4 is 15.2 Å². The Kier molecular flexibility index (Phi) is 4.51. The van der Waals surface area contributed by atoms with Crippen LogP contribution in [0.25, 0.3) is 0 Å². The van der Waals surface area contributed by atoms with E-state index >= 15 is 0 Å². The van der Waals surface area contributed by atoms with Gasteiger partial charge in [0.25, 0.3) is 0 Å². The van der Waals surface area contributed by atoms with Gasteiger partial charge in [0.2, 0.25) is 5.91 Å². The highest BCUT2D eigenvalue weighted by atomic mass is 16.5. The molecule has 0 aliphatic carbocycles. The second kappa shape index (κ2) is 5.89. The van der Waals surface area contributed by atoms with E-state index in [1.165, 1.54) is 6.92 Å². The fourth-order valence-corrected chi connectivity index (χ4v) is 1.50. The van der Waals surface area contributed by atoms with E-state index in [0.29, 0.717) is 11.3 Å². The first-order chi connectivity index (χ1) is 8.02. The Labute approximate surface area is 99.4 Å². The van der Waals surface area contributed by atoms with Gasteiger partial charge < -0.3 is 20.0 Å². The Morgan fingerprint density at radius 3 is 2.35 bits per heavy atom. The number of hydrogen-bond acceptors (Lipinski definition) is 4. The Bertz CT molecular complexity index is 383. The lowest BCUT2D eigenvalue weighted by Crippen LogP contribution is -2.33. The number of amides is 1. The van der Waals surface area contributed by atoms with Crippen LogP contribution in [0, 0.1) is 0 Å². The van der Waals surface area contributed by atoms with Gasteiger partial charge in [0.1, 0.15) is 5.75 Å². The zero-order valence-corrected chi connectivity index (χ0v) is 9.73. The number of rotatable bonds is 5. The van der Waals surface area contributed by atoms with Crippen LogP contribution in [0.2, 0.25) is 0 Å². The number of carbonyl (C=O) groups excluding carboxylic acids is 2. The van der Waals surface area contributed by atoms with Crippen LogP contribution >= 0.6 is 0 Å². The summed E-state index contributed by atoms with van der Waals surface area (Å²) in [5.41, 5.74) is 0.699. The van der Waals surface area contributed by atoms with Crippen LogP contribution in [0.3, 0.4) is 0 Å². The SMILES string of the molecule is COc1ccc(C(CC(=O)[O-])NC(C)=O)cc1. The van der Waals surface area contributed by atoms with Gasteiger partial charge in [0.15, 0.2) is 0 Å². The molecule has 0 spiro atoms. The number of benzene rings is 1.